The highest BCUT2D eigenvalue weighted by atomic mass is 16.5. The van der Waals surface area contributed by atoms with Crippen molar-refractivity contribution in [1.29, 1.82) is 0 Å². The number of para-hydroxylation sites is 1. The molecule has 5 nitrogen and oxygen atoms in total. The van der Waals surface area contributed by atoms with E-state index in [9.17, 15) is 4.79 Å². The minimum atomic E-state index is -0.395. The number of hydrogen-bond acceptors (Lipinski definition) is 5. The van der Waals surface area contributed by atoms with Gasteiger partial charge in [-0.25, -0.2) is 4.79 Å². The normalized spacial score (nSPS) is 11.9. The Morgan fingerprint density at radius 1 is 1.47 bits per heavy atom. The first-order valence-corrected chi connectivity index (χ1v) is 6.38. The van der Waals surface area contributed by atoms with E-state index < -0.39 is 5.97 Å². The third-order valence-corrected chi connectivity index (χ3v) is 2.69. The maximum absolute atomic E-state index is 11.7. The van der Waals surface area contributed by atoms with Gasteiger partial charge in [-0.05, 0) is 25.0 Å². The van der Waals surface area contributed by atoms with Crippen molar-refractivity contribution >= 4 is 17.3 Å². The van der Waals surface area contributed by atoms with E-state index in [1.807, 2.05) is 6.07 Å². The second-order valence-corrected chi connectivity index (χ2v) is 4.43. The molecule has 106 valence electrons. The summed E-state index contributed by atoms with van der Waals surface area (Å²) in [5.41, 5.74) is 7.54. The number of esters is 1. The molecule has 3 N–H and O–H groups in total. The summed E-state index contributed by atoms with van der Waals surface area (Å²) in [6.07, 6.45) is 0. The van der Waals surface area contributed by atoms with Crippen LogP contribution in [0, 0.1) is 5.92 Å². The van der Waals surface area contributed by atoms with Gasteiger partial charge in [-0.15, -0.1) is 0 Å². The number of carbonyl (C=O) groups is 1. The van der Waals surface area contributed by atoms with Crippen LogP contribution in [0.4, 0.5) is 11.4 Å². The summed E-state index contributed by atoms with van der Waals surface area (Å²) >= 11 is 0. The van der Waals surface area contributed by atoms with Gasteiger partial charge in [0, 0.05) is 13.7 Å². The zero-order valence-electron chi connectivity index (χ0n) is 11.7. The van der Waals surface area contributed by atoms with Gasteiger partial charge in [0.25, 0.3) is 0 Å². The van der Waals surface area contributed by atoms with Gasteiger partial charge in [0.1, 0.15) is 0 Å². The molecule has 0 radical (unpaired) electrons. The van der Waals surface area contributed by atoms with Crippen LogP contribution in [0.2, 0.25) is 0 Å². The van der Waals surface area contributed by atoms with Crippen LogP contribution in [0.25, 0.3) is 0 Å². The zero-order valence-corrected chi connectivity index (χ0v) is 11.7. The molecule has 0 aromatic heterocycles. The molecule has 1 rings (SSSR count). The molecule has 1 aromatic carbocycles. The summed E-state index contributed by atoms with van der Waals surface area (Å²) in [7, 11) is 1.67. The monoisotopic (exact) mass is 266 g/mol. The Bertz CT molecular complexity index is 421. The second kappa shape index (κ2) is 7.63. The molecule has 0 saturated heterocycles. The number of rotatable bonds is 7. The van der Waals surface area contributed by atoms with Crippen LogP contribution in [0.5, 0.6) is 0 Å². The highest BCUT2D eigenvalue weighted by molar-refractivity contribution is 5.98. The SMILES string of the molecule is CCOC(=O)c1cccc(NCC(C)COC)c1N. The van der Waals surface area contributed by atoms with E-state index in [-0.39, 0.29) is 0 Å². The molecule has 1 unspecified atom stereocenters. The Hall–Kier alpha value is -1.75. The van der Waals surface area contributed by atoms with E-state index in [4.69, 9.17) is 15.2 Å². The van der Waals surface area contributed by atoms with Crippen LogP contribution in [-0.4, -0.2) is 32.8 Å². The molecular formula is C14H22N2O3. The van der Waals surface area contributed by atoms with Crippen LogP contribution >= 0.6 is 0 Å². The van der Waals surface area contributed by atoms with Crippen molar-refractivity contribution in [2.24, 2.45) is 5.92 Å². The minimum absolute atomic E-state index is 0.334. The summed E-state index contributed by atoms with van der Waals surface area (Å²) < 4.78 is 10.0. The lowest BCUT2D eigenvalue weighted by atomic mass is 10.1. The third kappa shape index (κ3) is 4.44. The molecular weight excluding hydrogens is 244 g/mol. The molecule has 0 aliphatic carbocycles. The molecule has 0 fully saturated rings. The van der Waals surface area contributed by atoms with Crippen molar-refractivity contribution in [2.45, 2.75) is 13.8 Å². The lowest BCUT2D eigenvalue weighted by Crippen LogP contribution is -2.17. The molecule has 1 aromatic rings. The van der Waals surface area contributed by atoms with Gasteiger partial charge in [-0.1, -0.05) is 13.0 Å². The number of anilines is 2. The number of nitrogen functional groups attached to an aromatic ring is 1. The predicted octanol–water partition coefficient (Wildman–Crippen LogP) is 2.14. The topological polar surface area (TPSA) is 73.6 Å². The Labute approximate surface area is 114 Å². The highest BCUT2D eigenvalue weighted by Gasteiger charge is 2.13. The van der Waals surface area contributed by atoms with Gasteiger partial charge in [0.05, 0.1) is 30.2 Å². The maximum atomic E-state index is 11.7. The van der Waals surface area contributed by atoms with Gasteiger partial charge in [-0.2, -0.15) is 0 Å². The number of methoxy groups -OCH3 is 1. The van der Waals surface area contributed by atoms with Crippen LogP contribution in [-0.2, 0) is 9.47 Å². The van der Waals surface area contributed by atoms with Gasteiger partial charge in [-0.3, -0.25) is 0 Å². The summed E-state index contributed by atoms with van der Waals surface area (Å²) in [6.45, 7) is 5.57. The van der Waals surface area contributed by atoms with Gasteiger partial charge in [0.2, 0.25) is 0 Å². The van der Waals surface area contributed by atoms with Crippen molar-refractivity contribution in [1.82, 2.24) is 0 Å². The molecule has 0 amide bonds. The molecule has 19 heavy (non-hydrogen) atoms. The Kier molecular flexibility index (Phi) is 6.15. The lowest BCUT2D eigenvalue weighted by molar-refractivity contribution is 0.0527. The molecule has 1 atom stereocenters. The highest BCUT2D eigenvalue weighted by Crippen LogP contribution is 2.23. The van der Waals surface area contributed by atoms with Crippen molar-refractivity contribution in [3.63, 3.8) is 0 Å². The molecule has 0 aliphatic rings. The average Bonchev–Trinajstić information content (AvgIpc) is 2.38. The van der Waals surface area contributed by atoms with Crippen molar-refractivity contribution in [3.8, 4) is 0 Å². The standard InChI is InChI=1S/C14H22N2O3/c1-4-19-14(17)11-6-5-7-12(13(11)15)16-8-10(2)9-18-3/h5-7,10,16H,4,8-9,15H2,1-3H3. The van der Waals surface area contributed by atoms with E-state index in [0.717, 1.165) is 12.2 Å². The molecule has 0 spiro atoms. The molecule has 5 heteroatoms. The Morgan fingerprint density at radius 3 is 2.84 bits per heavy atom. The van der Waals surface area contributed by atoms with Gasteiger partial charge in [0.15, 0.2) is 0 Å². The van der Waals surface area contributed by atoms with Crippen molar-refractivity contribution in [2.75, 3.05) is 37.9 Å². The van der Waals surface area contributed by atoms with Crippen LogP contribution in [0.15, 0.2) is 18.2 Å². The fourth-order valence-corrected chi connectivity index (χ4v) is 1.73. The minimum Gasteiger partial charge on any atom is -0.462 e. The zero-order chi connectivity index (χ0) is 14.3. The van der Waals surface area contributed by atoms with E-state index in [1.54, 1.807) is 26.2 Å². The molecule has 0 aliphatic heterocycles. The molecule has 0 bridgehead atoms. The quantitative estimate of drug-likeness (QED) is 0.584. The smallest absolute Gasteiger partial charge is 0.340 e. The lowest BCUT2D eigenvalue weighted by Gasteiger charge is -2.15. The number of benzene rings is 1. The maximum Gasteiger partial charge on any atom is 0.340 e. The van der Waals surface area contributed by atoms with Crippen molar-refractivity contribution < 1.29 is 14.3 Å². The third-order valence-electron chi connectivity index (χ3n) is 2.69. The van der Waals surface area contributed by atoms with Crippen LogP contribution in [0.1, 0.15) is 24.2 Å². The van der Waals surface area contributed by atoms with Gasteiger partial charge >= 0.3 is 5.97 Å². The number of nitrogens with one attached hydrogen (secondary N) is 1. The van der Waals surface area contributed by atoms with E-state index in [1.165, 1.54) is 0 Å². The number of nitrogens with two attached hydrogens (primary N) is 1. The number of ether oxygens (including phenoxy) is 2. The summed E-state index contributed by atoms with van der Waals surface area (Å²) in [5, 5.41) is 3.22. The number of carbonyl (C=O) groups excluding carboxylic acids is 1. The first-order chi connectivity index (χ1) is 9.10. The fourth-order valence-electron chi connectivity index (χ4n) is 1.73. The summed E-state index contributed by atoms with van der Waals surface area (Å²) in [4.78, 5) is 11.7. The Morgan fingerprint density at radius 2 is 2.21 bits per heavy atom. The molecule has 0 heterocycles. The molecule has 0 saturated carbocycles. The van der Waals surface area contributed by atoms with E-state index >= 15 is 0 Å². The summed E-state index contributed by atoms with van der Waals surface area (Å²) in [6, 6.07) is 5.29. The fraction of sp³-hybridized carbons (Fsp3) is 0.500. The van der Waals surface area contributed by atoms with Crippen molar-refractivity contribution in [3.05, 3.63) is 23.8 Å². The second-order valence-electron chi connectivity index (χ2n) is 4.43. The largest absolute Gasteiger partial charge is 0.462 e. The predicted molar refractivity (Wildman–Crippen MR) is 76.3 cm³/mol. The van der Waals surface area contributed by atoms with E-state index in [0.29, 0.717) is 30.4 Å². The average molecular weight is 266 g/mol. The first-order valence-electron chi connectivity index (χ1n) is 6.38. The Balaban J connectivity index is 2.74. The summed E-state index contributed by atoms with van der Waals surface area (Å²) in [5.74, 6) is -0.0377. The van der Waals surface area contributed by atoms with Crippen LogP contribution < -0.4 is 11.1 Å². The van der Waals surface area contributed by atoms with E-state index in [2.05, 4.69) is 12.2 Å². The van der Waals surface area contributed by atoms with Gasteiger partial charge < -0.3 is 20.5 Å². The van der Waals surface area contributed by atoms with Crippen LogP contribution in [0.3, 0.4) is 0 Å². The number of hydrogen-bond donors (Lipinski definition) is 2. The first kappa shape index (κ1) is 15.3.